The summed E-state index contributed by atoms with van der Waals surface area (Å²) in [4.78, 5) is 0. The first-order chi connectivity index (χ1) is 9.18. The Hall–Kier alpha value is -1.38. The van der Waals surface area contributed by atoms with Crippen molar-refractivity contribution < 1.29 is 10.2 Å². The smallest absolute Gasteiger partial charge is 0.197 e. The van der Waals surface area contributed by atoms with Crippen molar-refractivity contribution in [3.05, 3.63) is 23.3 Å². The third kappa shape index (κ3) is 0.967. The number of hydrogen-bond donors (Lipinski definition) is 2. The first-order valence-corrected chi connectivity index (χ1v) is 7.47. The van der Waals surface area contributed by atoms with Crippen molar-refractivity contribution >= 4 is 0 Å². The van der Waals surface area contributed by atoms with E-state index in [1.54, 1.807) is 11.6 Å². The molecule has 3 nitrogen and oxygen atoms in total. The van der Waals surface area contributed by atoms with Gasteiger partial charge in [-0.05, 0) is 54.8 Å². The second-order valence-electron chi connectivity index (χ2n) is 6.93. The van der Waals surface area contributed by atoms with Crippen LogP contribution in [0.1, 0.15) is 42.2 Å². The highest BCUT2D eigenvalue weighted by Crippen LogP contribution is 2.70. The summed E-state index contributed by atoms with van der Waals surface area (Å²) < 4.78 is 1.57. The van der Waals surface area contributed by atoms with Crippen LogP contribution in [0.2, 0.25) is 0 Å². The summed E-state index contributed by atoms with van der Waals surface area (Å²) in [6.45, 7) is 0. The normalized spacial score (nSPS) is 44.7. The van der Waals surface area contributed by atoms with Crippen molar-refractivity contribution in [3.8, 4) is 11.8 Å². The van der Waals surface area contributed by atoms with E-state index in [0.717, 1.165) is 17.5 Å². The summed E-state index contributed by atoms with van der Waals surface area (Å²) >= 11 is 0. The van der Waals surface area contributed by atoms with Gasteiger partial charge in [-0.1, -0.05) is 12.2 Å². The molecule has 5 aliphatic rings. The Labute approximate surface area is 112 Å². The lowest BCUT2D eigenvalue weighted by Crippen LogP contribution is -2.39. The van der Waals surface area contributed by atoms with Crippen molar-refractivity contribution in [1.82, 2.24) is 4.57 Å². The van der Waals surface area contributed by atoms with Crippen LogP contribution in [0.3, 0.4) is 0 Å². The van der Waals surface area contributed by atoms with E-state index in [0.29, 0.717) is 47.3 Å². The molecule has 2 saturated carbocycles. The molecule has 1 heterocycles. The predicted molar refractivity (Wildman–Crippen MR) is 71.2 cm³/mol. The van der Waals surface area contributed by atoms with Crippen molar-refractivity contribution in [2.24, 2.45) is 30.7 Å². The van der Waals surface area contributed by atoms with Crippen LogP contribution >= 0.6 is 0 Å². The average molecular weight is 257 g/mol. The third-order valence-corrected chi connectivity index (χ3v) is 6.46. The van der Waals surface area contributed by atoms with Crippen molar-refractivity contribution in [2.45, 2.75) is 31.1 Å². The van der Waals surface area contributed by atoms with Crippen molar-refractivity contribution in [2.75, 3.05) is 0 Å². The second-order valence-corrected chi connectivity index (χ2v) is 6.93. The average Bonchev–Trinajstić information content (AvgIpc) is 3.09. The highest BCUT2D eigenvalue weighted by atomic mass is 16.3. The van der Waals surface area contributed by atoms with Gasteiger partial charge in [0, 0.05) is 18.2 Å². The van der Waals surface area contributed by atoms with E-state index in [1.165, 1.54) is 12.8 Å². The van der Waals surface area contributed by atoms with Crippen LogP contribution in [-0.4, -0.2) is 14.8 Å². The van der Waals surface area contributed by atoms with E-state index < -0.39 is 0 Å². The van der Waals surface area contributed by atoms with Gasteiger partial charge in [0.1, 0.15) is 0 Å². The topological polar surface area (TPSA) is 45.4 Å². The molecule has 0 radical (unpaired) electrons. The van der Waals surface area contributed by atoms with Crippen molar-refractivity contribution in [3.63, 3.8) is 0 Å². The minimum absolute atomic E-state index is 0.309. The van der Waals surface area contributed by atoms with Gasteiger partial charge in [0.25, 0.3) is 0 Å². The van der Waals surface area contributed by atoms with Crippen LogP contribution in [-0.2, 0) is 7.05 Å². The quantitative estimate of drug-likeness (QED) is 0.702. The molecule has 4 bridgehead atoms. The summed E-state index contributed by atoms with van der Waals surface area (Å²) in [5.74, 6) is 4.43. The molecule has 2 N–H and O–H groups in total. The fourth-order valence-corrected chi connectivity index (χ4v) is 5.85. The maximum atomic E-state index is 10.3. The van der Waals surface area contributed by atoms with Crippen molar-refractivity contribution in [1.29, 1.82) is 0 Å². The van der Waals surface area contributed by atoms with Crippen LogP contribution < -0.4 is 0 Å². The van der Waals surface area contributed by atoms with Gasteiger partial charge in [-0.3, -0.25) is 4.57 Å². The molecule has 0 saturated heterocycles. The van der Waals surface area contributed by atoms with E-state index in [4.69, 9.17) is 0 Å². The van der Waals surface area contributed by atoms with Crippen LogP contribution in [0.4, 0.5) is 0 Å². The molecule has 1 aromatic heterocycles. The third-order valence-electron chi connectivity index (χ3n) is 6.46. The summed E-state index contributed by atoms with van der Waals surface area (Å²) in [5, 5.41) is 20.6. The second kappa shape index (κ2) is 3.02. The predicted octanol–water partition coefficient (Wildman–Crippen LogP) is 2.85. The number of aromatic hydroxyl groups is 2. The molecule has 2 fully saturated rings. The fraction of sp³-hybridized carbons (Fsp3) is 0.625. The summed E-state index contributed by atoms with van der Waals surface area (Å²) in [6.07, 6.45) is 8.64. The van der Waals surface area contributed by atoms with Gasteiger partial charge in [0.2, 0.25) is 0 Å². The summed E-state index contributed by atoms with van der Waals surface area (Å²) in [7, 11) is 1.76. The Bertz CT molecular complexity index is 565. The molecule has 0 aliphatic heterocycles. The highest BCUT2D eigenvalue weighted by Gasteiger charge is 2.60. The molecule has 1 aromatic rings. The zero-order chi connectivity index (χ0) is 12.9. The summed E-state index contributed by atoms with van der Waals surface area (Å²) in [5.41, 5.74) is 2.15. The number of hydrogen-bond acceptors (Lipinski definition) is 2. The zero-order valence-corrected chi connectivity index (χ0v) is 11.1. The van der Waals surface area contributed by atoms with Gasteiger partial charge >= 0.3 is 0 Å². The van der Waals surface area contributed by atoms with Gasteiger partial charge in [0.15, 0.2) is 11.8 Å². The minimum Gasteiger partial charge on any atom is -0.494 e. The first kappa shape index (κ1) is 10.4. The zero-order valence-electron chi connectivity index (χ0n) is 11.1. The molecule has 0 spiro atoms. The van der Waals surface area contributed by atoms with Gasteiger partial charge in [-0.25, -0.2) is 0 Å². The highest BCUT2D eigenvalue weighted by molar-refractivity contribution is 5.56. The molecule has 0 amide bonds. The standard InChI is InChI=1S/C16H19NO2/c1-17-15(18)13-9-6-10(14(13)16(17)19)12-8-3-2-7(4-5-8)11(9)12/h2-3,7-12,18-19H,4-6H2,1H3. The number of rotatable bonds is 0. The van der Waals surface area contributed by atoms with Crippen LogP contribution in [0.25, 0.3) is 0 Å². The van der Waals surface area contributed by atoms with Gasteiger partial charge in [0.05, 0.1) is 0 Å². The van der Waals surface area contributed by atoms with E-state index >= 15 is 0 Å². The molecule has 5 aliphatic carbocycles. The molecule has 6 rings (SSSR count). The minimum atomic E-state index is 0.309. The SMILES string of the molecule is Cn1c(O)c2c(c1O)C1CC2C2C3C=CC(CC3)C12. The Morgan fingerprint density at radius 1 is 0.947 bits per heavy atom. The summed E-state index contributed by atoms with van der Waals surface area (Å²) in [6, 6.07) is 0. The lowest BCUT2D eigenvalue weighted by atomic mass is 9.57. The Morgan fingerprint density at radius 3 is 1.84 bits per heavy atom. The molecule has 0 aromatic carbocycles. The lowest BCUT2D eigenvalue weighted by molar-refractivity contribution is 0.120. The number of aromatic nitrogens is 1. The van der Waals surface area contributed by atoms with Gasteiger partial charge < -0.3 is 10.2 Å². The molecule has 6 atom stereocenters. The Balaban J connectivity index is 1.73. The van der Waals surface area contributed by atoms with Crippen LogP contribution in [0.15, 0.2) is 12.2 Å². The Kier molecular flexibility index (Phi) is 1.66. The van der Waals surface area contributed by atoms with Gasteiger partial charge in [-0.15, -0.1) is 0 Å². The number of fused-ring (bicyclic) bond motifs is 6. The lowest BCUT2D eigenvalue weighted by Gasteiger charge is -2.47. The monoisotopic (exact) mass is 257 g/mol. The van der Waals surface area contributed by atoms with E-state index in [2.05, 4.69) is 12.2 Å². The molecular formula is C16H19NO2. The van der Waals surface area contributed by atoms with Crippen LogP contribution in [0.5, 0.6) is 11.8 Å². The molecule has 19 heavy (non-hydrogen) atoms. The van der Waals surface area contributed by atoms with E-state index in [-0.39, 0.29) is 0 Å². The maximum Gasteiger partial charge on any atom is 0.197 e. The largest absolute Gasteiger partial charge is 0.494 e. The van der Waals surface area contributed by atoms with Gasteiger partial charge in [-0.2, -0.15) is 0 Å². The molecule has 3 heteroatoms. The molecular weight excluding hydrogens is 238 g/mol. The molecule has 6 unspecified atom stereocenters. The fourth-order valence-electron chi connectivity index (χ4n) is 5.85. The first-order valence-electron chi connectivity index (χ1n) is 7.47. The molecule has 100 valence electrons. The maximum absolute atomic E-state index is 10.3. The number of allylic oxidation sites excluding steroid dienone is 2. The van der Waals surface area contributed by atoms with E-state index in [1.807, 2.05) is 0 Å². The number of nitrogens with zero attached hydrogens (tertiary/aromatic N) is 1. The van der Waals surface area contributed by atoms with E-state index in [9.17, 15) is 10.2 Å². The van der Waals surface area contributed by atoms with Crippen LogP contribution in [0, 0.1) is 23.7 Å². The Morgan fingerprint density at radius 2 is 1.42 bits per heavy atom.